The minimum atomic E-state index is -0.369. The second-order valence-corrected chi connectivity index (χ2v) is 7.55. The van der Waals surface area contributed by atoms with Gasteiger partial charge in [-0.1, -0.05) is 62.8 Å². The van der Waals surface area contributed by atoms with Crippen LogP contribution in [0, 0.1) is 5.82 Å². The lowest BCUT2D eigenvalue weighted by molar-refractivity contribution is 0.265. The molecule has 0 saturated carbocycles. The van der Waals surface area contributed by atoms with Gasteiger partial charge in [-0.15, -0.1) is 0 Å². The molecule has 0 heterocycles. The van der Waals surface area contributed by atoms with Gasteiger partial charge < -0.3 is 14.8 Å². The fourth-order valence-corrected chi connectivity index (χ4v) is 3.35. The molecule has 29 heavy (non-hydrogen) atoms. The summed E-state index contributed by atoms with van der Waals surface area (Å²) < 4.78 is 25.5. The highest BCUT2D eigenvalue weighted by Gasteiger charge is 2.11. The van der Waals surface area contributed by atoms with E-state index in [0.29, 0.717) is 28.7 Å². The van der Waals surface area contributed by atoms with E-state index in [1.54, 1.807) is 12.1 Å². The molecule has 0 aliphatic rings. The van der Waals surface area contributed by atoms with Gasteiger partial charge in [0, 0.05) is 12.1 Å². The molecule has 1 N–H and O–H groups in total. The summed E-state index contributed by atoms with van der Waals surface area (Å²) in [6.07, 6.45) is 7.77. The fourth-order valence-electron chi connectivity index (χ4n) is 3.13. The monoisotopic (exact) mass is 421 g/mol. The lowest BCUT2D eigenvalue weighted by atomic mass is 10.1. The first kappa shape index (κ1) is 23.5. The molecule has 0 saturated heterocycles. The van der Waals surface area contributed by atoms with E-state index in [0.717, 1.165) is 18.7 Å². The molecule has 2 rings (SSSR count). The summed E-state index contributed by atoms with van der Waals surface area (Å²) in [5, 5.41) is 3.85. The van der Waals surface area contributed by atoms with Crippen LogP contribution in [0.15, 0.2) is 36.4 Å². The molecule has 2 aromatic rings. The number of benzene rings is 2. The van der Waals surface area contributed by atoms with E-state index in [1.165, 1.54) is 44.6 Å². The van der Waals surface area contributed by atoms with Gasteiger partial charge in [0.05, 0.1) is 11.6 Å². The molecule has 0 fully saturated rings. The van der Waals surface area contributed by atoms with Crippen LogP contribution >= 0.6 is 11.6 Å². The van der Waals surface area contributed by atoms with Crippen molar-refractivity contribution < 1.29 is 13.9 Å². The van der Waals surface area contributed by atoms with Gasteiger partial charge >= 0.3 is 0 Å². The Morgan fingerprint density at radius 3 is 2.48 bits per heavy atom. The Morgan fingerprint density at radius 2 is 1.72 bits per heavy atom. The van der Waals surface area contributed by atoms with Crippen LogP contribution in [-0.4, -0.2) is 13.2 Å². The highest BCUT2D eigenvalue weighted by Crippen LogP contribution is 2.30. The molecule has 0 atom stereocenters. The highest BCUT2D eigenvalue weighted by atomic mass is 35.5. The van der Waals surface area contributed by atoms with E-state index < -0.39 is 0 Å². The maximum Gasteiger partial charge on any atom is 0.161 e. The van der Waals surface area contributed by atoms with Crippen LogP contribution in [-0.2, 0) is 13.2 Å². The van der Waals surface area contributed by atoms with E-state index in [9.17, 15) is 4.39 Å². The number of rotatable bonds is 14. The first-order valence-corrected chi connectivity index (χ1v) is 11.1. The molecule has 0 radical (unpaired) electrons. The summed E-state index contributed by atoms with van der Waals surface area (Å²) in [6.45, 7) is 6.56. The van der Waals surface area contributed by atoms with E-state index in [-0.39, 0.29) is 12.4 Å². The lowest BCUT2D eigenvalue weighted by Crippen LogP contribution is -2.14. The smallest absolute Gasteiger partial charge is 0.161 e. The van der Waals surface area contributed by atoms with Crippen LogP contribution in [0.2, 0.25) is 5.02 Å². The third-order valence-corrected chi connectivity index (χ3v) is 5.13. The SMILES string of the molecule is CCCCCCCCNCc1ccc(OCc2c(F)cccc2Cl)c(OCC)c1. The summed E-state index contributed by atoms with van der Waals surface area (Å²) >= 11 is 6.08. The number of hydrogen-bond donors (Lipinski definition) is 1. The molecule has 0 amide bonds. The third-order valence-electron chi connectivity index (χ3n) is 4.78. The van der Waals surface area contributed by atoms with Crippen molar-refractivity contribution in [1.29, 1.82) is 0 Å². The maximum absolute atomic E-state index is 14.0. The lowest BCUT2D eigenvalue weighted by Gasteiger charge is -2.14. The van der Waals surface area contributed by atoms with Crippen molar-refractivity contribution in [3.63, 3.8) is 0 Å². The first-order chi connectivity index (χ1) is 14.2. The molecular formula is C24H33ClFNO2. The summed E-state index contributed by atoms with van der Waals surface area (Å²) in [6, 6.07) is 10.5. The normalized spacial score (nSPS) is 10.9. The molecule has 160 valence electrons. The van der Waals surface area contributed by atoms with E-state index in [2.05, 4.69) is 12.2 Å². The van der Waals surface area contributed by atoms with Gasteiger partial charge in [0.2, 0.25) is 0 Å². The van der Waals surface area contributed by atoms with Gasteiger partial charge in [-0.25, -0.2) is 4.39 Å². The minimum Gasteiger partial charge on any atom is -0.490 e. The zero-order chi connectivity index (χ0) is 20.9. The quantitative estimate of drug-likeness (QED) is 0.336. The largest absolute Gasteiger partial charge is 0.490 e. The second kappa shape index (κ2) is 13.4. The van der Waals surface area contributed by atoms with Crippen molar-refractivity contribution in [1.82, 2.24) is 5.32 Å². The Bertz CT molecular complexity index is 719. The number of halogens is 2. The second-order valence-electron chi connectivity index (χ2n) is 7.15. The van der Waals surface area contributed by atoms with Crippen molar-refractivity contribution in [3.8, 4) is 11.5 Å². The summed E-state index contributed by atoms with van der Waals surface area (Å²) in [4.78, 5) is 0. The first-order valence-electron chi connectivity index (χ1n) is 10.7. The van der Waals surface area contributed by atoms with E-state index >= 15 is 0 Å². The van der Waals surface area contributed by atoms with Crippen molar-refractivity contribution in [2.45, 2.75) is 65.5 Å². The standard InChI is InChI=1S/C24H33ClFNO2/c1-3-5-6-7-8-9-15-27-17-19-13-14-23(24(16-19)28-4-2)29-18-20-21(25)11-10-12-22(20)26/h10-14,16,27H,3-9,15,17-18H2,1-2H3. The molecule has 3 nitrogen and oxygen atoms in total. The van der Waals surface area contributed by atoms with Crippen LogP contribution in [0.1, 0.15) is 63.5 Å². The van der Waals surface area contributed by atoms with E-state index in [4.69, 9.17) is 21.1 Å². The molecule has 0 aromatic heterocycles. The Kier molecular flexibility index (Phi) is 10.9. The third kappa shape index (κ3) is 8.23. The molecule has 0 aliphatic heterocycles. The minimum absolute atomic E-state index is 0.0568. The van der Waals surface area contributed by atoms with Crippen LogP contribution in [0.25, 0.3) is 0 Å². The average molecular weight is 422 g/mol. The summed E-state index contributed by atoms with van der Waals surface area (Å²) in [7, 11) is 0. The molecule has 0 aliphatic carbocycles. The van der Waals surface area contributed by atoms with Crippen LogP contribution in [0.3, 0.4) is 0 Å². The average Bonchev–Trinajstić information content (AvgIpc) is 2.71. The van der Waals surface area contributed by atoms with Crippen LogP contribution in [0.4, 0.5) is 4.39 Å². The zero-order valence-corrected chi connectivity index (χ0v) is 18.4. The van der Waals surface area contributed by atoms with Crippen LogP contribution in [0.5, 0.6) is 11.5 Å². The number of hydrogen-bond acceptors (Lipinski definition) is 3. The van der Waals surface area contributed by atoms with Gasteiger partial charge in [-0.2, -0.15) is 0 Å². The van der Waals surface area contributed by atoms with Gasteiger partial charge in [-0.05, 0) is 49.7 Å². The van der Waals surface area contributed by atoms with Gasteiger partial charge in [0.1, 0.15) is 12.4 Å². The van der Waals surface area contributed by atoms with Crippen molar-refractivity contribution >= 4 is 11.6 Å². The topological polar surface area (TPSA) is 30.5 Å². The van der Waals surface area contributed by atoms with Gasteiger partial charge in [0.15, 0.2) is 11.5 Å². The molecular weight excluding hydrogens is 389 g/mol. The Hall–Kier alpha value is -1.78. The summed E-state index contributed by atoms with van der Waals surface area (Å²) in [5.41, 5.74) is 1.48. The Morgan fingerprint density at radius 1 is 0.931 bits per heavy atom. The molecule has 0 bridgehead atoms. The predicted octanol–water partition coefficient (Wildman–Crippen LogP) is 6.91. The number of ether oxygens (including phenoxy) is 2. The van der Waals surface area contributed by atoms with Crippen LogP contribution < -0.4 is 14.8 Å². The predicted molar refractivity (Wildman–Crippen MR) is 118 cm³/mol. The Labute approximate surface area is 179 Å². The van der Waals surface area contributed by atoms with Crippen molar-refractivity contribution in [3.05, 3.63) is 58.4 Å². The maximum atomic E-state index is 14.0. The zero-order valence-electron chi connectivity index (χ0n) is 17.6. The summed E-state index contributed by atoms with van der Waals surface area (Å²) in [5.74, 6) is 0.885. The molecule has 2 aromatic carbocycles. The van der Waals surface area contributed by atoms with Crippen molar-refractivity contribution in [2.24, 2.45) is 0 Å². The number of unbranched alkanes of at least 4 members (excludes halogenated alkanes) is 5. The number of nitrogens with one attached hydrogen (secondary N) is 1. The fraction of sp³-hybridized carbons (Fsp3) is 0.500. The molecule has 0 unspecified atom stereocenters. The van der Waals surface area contributed by atoms with Gasteiger partial charge in [-0.3, -0.25) is 0 Å². The Balaban J connectivity index is 1.86. The van der Waals surface area contributed by atoms with Gasteiger partial charge in [0.25, 0.3) is 0 Å². The molecule has 5 heteroatoms. The van der Waals surface area contributed by atoms with E-state index in [1.807, 2.05) is 25.1 Å². The van der Waals surface area contributed by atoms with Crippen molar-refractivity contribution in [2.75, 3.05) is 13.2 Å². The highest BCUT2D eigenvalue weighted by molar-refractivity contribution is 6.31. The molecule has 0 spiro atoms.